The Labute approximate surface area is 70.7 Å². The summed E-state index contributed by atoms with van der Waals surface area (Å²) in [5.74, 6) is -2.65. The molecule has 0 unspecified atom stereocenters. The van der Waals surface area contributed by atoms with Crippen LogP contribution in [-0.4, -0.2) is 20.7 Å². The smallest absolute Gasteiger partial charge is 0.272 e. The molecule has 0 aliphatic rings. The molecule has 0 N–H and O–H groups in total. The Hall–Kier alpha value is -1.66. The van der Waals surface area contributed by atoms with Gasteiger partial charge in [-0.25, -0.2) is 9.37 Å². The number of allylic oxidation sites excluding steroid dienone is 1. The van der Waals surface area contributed by atoms with Gasteiger partial charge >= 0.3 is 6.08 Å². The van der Waals surface area contributed by atoms with Crippen molar-refractivity contribution >= 4 is 5.91 Å². The maximum absolute atomic E-state index is 12.2. The summed E-state index contributed by atoms with van der Waals surface area (Å²) in [4.78, 5) is 14.3. The molecule has 1 rings (SSSR count). The van der Waals surface area contributed by atoms with Crippen LogP contribution in [0.3, 0.4) is 0 Å². The Bertz CT molecular complexity index is 329. The maximum atomic E-state index is 12.2. The second-order valence-electron chi connectivity index (χ2n) is 2.08. The van der Waals surface area contributed by atoms with Crippen molar-refractivity contribution in [2.75, 3.05) is 0 Å². The summed E-state index contributed by atoms with van der Waals surface area (Å²) < 4.78 is 36.0. The standard InChI is InChI=1S/C6H4F3N3O/c7-4(6(8)9)1-5(13)12-3-10-2-11-12/h2-3H,1H2. The van der Waals surface area contributed by atoms with Crippen LogP contribution in [0.25, 0.3) is 0 Å². The van der Waals surface area contributed by atoms with Crippen molar-refractivity contribution in [1.82, 2.24) is 14.8 Å². The van der Waals surface area contributed by atoms with Crippen LogP contribution in [0.2, 0.25) is 0 Å². The fourth-order valence-corrected chi connectivity index (χ4v) is 0.618. The van der Waals surface area contributed by atoms with Crippen LogP contribution in [0.4, 0.5) is 13.2 Å². The lowest BCUT2D eigenvalue weighted by Crippen LogP contribution is -2.11. The molecule has 70 valence electrons. The Kier molecular flexibility index (Phi) is 2.78. The number of hydrogen-bond acceptors (Lipinski definition) is 3. The molecule has 0 aromatic carbocycles. The lowest BCUT2D eigenvalue weighted by atomic mass is 10.4. The first-order valence-electron chi connectivity index (χ1n) is 3.18. The average Bonchev–Trinajstić information content (AvgIpc) is 2.55. The van der Waals surface area contributed by atoms with Crippen LogP contribution < -0.4 is 0 Å². The lowest BCUT2D eigenvalue weighted by molar-refractivity contribution is 0.0888. The molecule has 0 amide bonds. The highest BCUT2D eigenvalue weighted by Gasteiger charge is 2.13. The SMILES string of the molecule is O=C(CC(F)=C(F)F)n1cncn1. The van der Waals surface area contributed by atoms with Gasteiger partial charge in [0.25, 0.3) is 5.91 Å². The van der Waals surface area contributed by atoms with E-state index in [4.69, 9.17) is 0 Å². The van der Waals surface area contributed by atoms with Crippen molar-refractivity contribution in [2.45, 2.75) is 6.42 Å². The van der Waals surface area contributed by atoms with E-state index in [-0.39, 0.29) is 0 Å². The summed E-state index contributed by atoms with van der Waals surface area (Å²) in [5, 5.41) is 3.35. The third-order valence-electron chi connectivity index (χ3n) is 1.19. The van der Waals surface area contributed by atoms with E-state index in [0.29, 0.717) is 4.68 Å². The van der Waals surface area contributed by atoms with Crippen LogP contribution in [0, 0.1) is 0 Å². The van der Waals surface area contributed by atoms with Crippen molar-refractivity contribution in [3.05, 3.63) is 24.6 Å². The zero-order valence-corrected chi connectivity index (χ0v) is 6.25. The summed E-state index contributed by atoms with van der Waals surface area (Å²) in [5.41, 5.74) is 0. The van der Waals surface area contributed by atoms with Gasteiger partial charge in [-0.1, -0.05) is 0 Å². The number of halogens is 3. The maximum Gasteiger partial charge on any atom is 0.302 e. The number of hydrogen-bond donors (Lipinski definition) is 0. The minimum Gasteiger partial charge on any atom is -0.272 e. The van der Waals surface area contributed by atoms with Gasteiger partial charge in [-0.15, -0.1) is 0 Å². The fraction of sp³-hybridized carbons (Fsp3) is 0.167. The number of rotatable bonds is 2. The molecule has 0 saturated carbocycles. The van der Waals surface area contributed by atoms with Crippen molar-refractivity contribution in [1.29, 1.82) is 0 Å². The van der Waals surface area contributed by atoms with E-state index in [1.165, 1.54) is 0 Å². The van der Waals surface area contributed by atoms with Crippen molar-refractivity contribution in [3.8, 4) is 0 Å². The van der Waals surface area contributed by atoms with Gasteiger partial charge in [0, 0.05) is 0 Å². The van der Waals surface area contributed by atoms with Crippen molar-refractivity contribution < 1.29 is 18.0 Å². The van der Waals surface area contributed by atoms with Gasteiger partial charge in [-0.2, -0.15) is 18.6 Å². The molecule has 7 heteroatoms. The third-order valence-corrected chi connectivity index (χ3v) is 1.19. The van der Waals surface area contributed by atoms with Crippen LogP contribution in [0.15, 0.2) is 24.6 Å². The summed E-state index contributed by atoms with van der Waals surface area (Å²) in [6.07, 6.45) is -1.45. The van der Waals surface area contributed by atoms with Gasteiger partial charge in [-0.05, 0) is 0 Å². The van der Waals surface area contributed by atoms with Gasteiger partial charge in [-0.3, -0.25) is 4.79 Å². The highest BCUT2D eigenvalue weighted by molar-refractivity contribution is 5.79. The highest BCUT2D eigenvalue weighted by Crippen LogP contribution is 2.13. The summed E-state index contributed by atoms with van der Waals surface area (Å²) in [6, 6.07) is 0. The summed E-state index contributed by atoms with van der Waals surface area (Å²) in [6.45, 7) is 0. The normalized spacial score (nSPS) is 9.77. The molecular formula is C6H4F3N3O. The zero-order valence-electron chi connectivity index (χ0n) is 6.25. The summed E-state index contributed by atoms with van der Waals surface area (Å²) in [7, 11) is 0. The number of aromatic nitrogens is 3. The summed E-state index contributed by atoms with van der Waals surface area (Å²) >= 11 is 0. The molecule has 0 fully saturated rings. The molecule has 4 nitrogen and oxygen atoms in total. The first-order valence-corrected chi connectivity index (χ1v) is 3.18. The van der Waals surface area contributed by atoms with E-state index in [1.54, 1.807) is 0 Å². The molecule has 1 aromatic rings. The van der Waals surface area contributed by atoms with Crippen LogP contribution in [0.1, 0.15) is 11.2 Å². The zero-order chi connectivity index (χ0) is 9.84. The third kappa shape index (κ3) is 2.39. The van der Waals surface area contributed by atoms with Gasteiger partial charge in [0.2, 0.25) is 0 Å². The minimum atomic E-state index is -2.49. The topological polar surface area (TPSA) is 47.8 Å². The molecule has 0 aliphatic carbocycles. The predicted molar refractivity (Wildman–Crippen MR) is 35.6 cm³/mol. The molecule has 1 heterocycles. The average molecular weight is 191 g/mol. The number of nitrogens with zero attached hydrogens (tertiary/aromatic N) is 3. The second kappa shape index (κ2) is 3.83. The van der Waals surface area contributed by atoms with Crippen LogP contribution >= 0.6 is 0 Å². The van der Waals surface area contributed by atoms with Gasteiger partial charge < -0.3 is 0 Å². The molecule has 0 spiro atoms. The monoisotopic (exact) mass is 191 g/mol. The Morgan fingerprint density at radius 1 is 1.38 bits per heavy atom. The first-order chi connectivity index (χ1) is 6.11. The van der Waals surface area contributed by atoms with Crippen LogP contribution in [-0.2, 0) is 0 Å². The molecule has 0 saturated heterocycles. The number of carbonyl (C=O) groups is 1. The van der Waals surface area contributed by atoms with E-state index in [9.17, 15) is 18.0 Å². The Morgan fingerprint density at radius 3 is 2.54 bits per heavy atom. The quantitative estimate of drug-likeness (QED) is 0.709. The van der Waals surface area contributed by atoms with Crippen molar-refractivity contribution in [2.24, 2.45) is 0 Å². The van der Waals surface area contributed by atoms with E-state index >= 15 is 0 Å². The lowest BCUT2D eigenvalue weighted by Gasteiger charge is -1.95. The molecule has 13 heavy (non-hydrogen) atoms. The first kappa shape index (κ1) is 9.43. The van der Waals surface area contributed by atoms with Gasteiger partial charge in [0.1, 0.15) is 12.7 Å². The van der Waals surface area contributed by atoms with E-state index in [2.05, 4.69) is 10.1 Å². The molecular weight excluding hydrogens is 187 g/mol. The van der Waals surface area contributed by atoms with E-state index in [1.807, 2.05) is 0 Å². The molecule has 0 aliphatic heterocycles. The van der Waals surface area contributed by atoms with Gasteiger partial charge in [0.05, 0.1) is 6.42 Å². The van der Waals surface area contributed by atoms with Crippen molar-refractivity contribution in [3.63, 3.8) is 0 Å². The largest absolute Gasteiger partial charge is 0.302 e. The molecule has 0 atom stereocenters. The minimum absolute atomic E-state index is 0.683. The number of carbonyl (C=O) groups excluding carboxylic acids is 1. The molecule has 0 radical (unpaired) electrons. The molecule has 0 bridgehead atoms. The van der Waals surface area contributed by atoms with E-state index in [0.717, 1.165) is 12.7 Å². The highest BCUT2D eigenvalue weighted by atomic mass is 19.3. The Balaban J connectivity index is 2.68. The van der Waals surface area contributed by atoms with E-state index < -0.39 is 24.2 Å². The van der Waals surface area contributed by atoms with Crippen LogP contribution in [0.5, 0.6) is 0 Å². The Morgan fingerprint density at radius 2 is 2.08 bits per heavy atom. The second-order valence-corrected chi connectivity index (χ2v) is 2.08. The predicted octanol–water partition coefficient (Wildman–Crippen LogP) is 1.39. The molecule has 1 aromatic heterocycles. The fourth-order valence-electron chi connectivity index (χ4n) is 0.618. The van der Waals surface area contributed by atoms with Gasteiger partial charge in [0.15, 0.2) is 5.83 Å².